The summed E-state index contributed by atoms with van der Waals surface area (Å²) in [4.78, 5) is 0. The van der Waals surface area contributed by atoms with Crippen molar-refractivity contribution in [1.82, 2.24) is 4.72 Å². The SMILES string of the molecule is CC(C)(C)S(=O)NCc1ccc(-c2cccc(C(F)(F)F)c2)o1. The predicted octanol–water partition coefficient (Wildman–Crippen LogP) is 4.52. The molecule has 1 aromatic carbocycles. The summed E-state index contributed by atoms with van der Waals surface area (Å²) < 4.78 is 58.1. The molecule has 0 bridgehead atoms. The highest BCUT2D eigenvalue weighted by molar-refractivity contribution is 7.84. The van der Waals surface area contributed by atoms with Crippen molar-refractivity contribution in [1.29, 1.82) is 0 Å². The first-order valence-corrected chi connectivity index (χ1v) is 8.14. The molecule has 1 heterocycles. The van der Waals surface area contributed by atoms with Gasteiger partial charge in [0.2, 0.25) is 0 Å². The maximum absolute atomic E-state index is 12.7. The lowest BCUT2D eigenvalue weighted by atomic mass is 10.1. The third-order valence-electron chi connectivity index (χ3n) is 3.07. The number of rotatable bonds is 4. The maximum atomic E-state index is 12.7. The molecule has 0 aliphatic carbocycles. The summed E-state index contributed by atoms with van der Waals surface area (Å²) in [5, 5.41) is 0. The number of nitrogens with one attached hydrogen (secondary N) is 1. The van der Waals surface area contributed by atoms with Crippen LogP contribution in [0.1, 0.15) is 32.1 Å². The molecule has 1 aromatic heterocycles. The van der Waals surface area contributed by atoms with Gasteiger partial charge in [0.15, 0.2) is 0 Å². The zero-order chi connectivity index (χ0) is 17.3. The first-order chi connectivity index (χ1) is 10.6. The fourth-order valence-corrected chi connectivity index (χ4v) is 2.54. The van der Waals surface area contributed by atoms with Crippen LogP contribution in [0.3, 0.4) is 0 Å². The number of alkyl halides is 3. The number of hydrogen-bond acceptors (Lipinski definition) is 2. The van der Waals surface area contributed by atoms with E-state index < -0.39 is 27.5 Å². The van der Waals surface area contributed by atoms with Crippen molar-refractivity contribution in [2.24, 2.45) is 0 Å². The first kappa shape index (κ1) is 17.7. The highest BCUT2D eigenvalue weighted by Gasteiger charge is 2.30. The molecule has 0 aliphatic rings. The van der Waals surface area contributed by atoms with Crippen molar-refractivity contribution in [2.75, 3.05) is 0 Å². The van der Waals surface area contributed by atoms with E-state index in [1.807, 2.05) is 20.8 Å². The normalized spacial score (nSPS) is 14.0. The first-order valence-electron chi connectivity index (χ1n) is 6.99. The van der Waals surface area contributed by atoms with Crippen LogP contribution in [0.5, 0.6) is 0 Å². The van der Waals surface area contributed by atoms with E-state index in [9.17, 15) is 17.4 Å². The molecule has 7 heteroatoms. The van der Waals surface area contributed by atoms with Gasteiger partial charge in [-0.25, -0.2) is 8.93 Å². The van der Waals surface area contributed by atoms with Crippen molar-refractivity contribution in [2.45, 2.75) is 38.2 Å². The third-order valence-corrected chi connectivity index (χ3v) is 4.59. The van der Waals surface area contributed by atoms with Gasteiger partial charge in [0.1, 0.15) is 11.5 Å². The van der Waals surface area contributed by atoms with Crippen LogP contribution in [-0.2, 0) is 23.7 Å². The molecule has 2 rings (SSSR count). The van der Waals surface area contributed by atoms with E-state index in [1.54, 1.807) is 18.2 Å². The highest BCUT2D eigenvalue weighted by Crippen LogP contribution is 2.32. The van der Waals surface area contributed by atoms with E-state index in [0.717, 1.165) is 12.1 Å². The molecule has 0 fully saturated rings. The summed E-state index contributed by atoms with van der Waals surface area (Å²) >= 11 is 0. The minimum absolute atomic E-state index is 0.239. The van der Waals surface area contributed by atoms with Crippen LogP contribution in [0, 0.1) is 0 Å². The average Bonchev–Trinajstić information content (AvgIpc) is 2.92. The van der Waals surface area contributed by atoms with Crippen LogP contribution in [0.25, 0.3) is 11.3 Å². The van der Waals surface area contributed by atoms with Crippen molar-refractivity contribution < 1.29 is 21.8 Å². The Morgan fingerprint density at radius 1 is 1.13 bits per heavy atom. The Bertz CT molecular complexity index is 702. The van der Waals surface area contributed by atoms with Crippen molar-refractivity contribution >= 4 is 11.0 Å². The van der Waals surface area contributed by atoms with E-state index >= 15 is 0 Å². The molecule has 0 radical (unpaired) electrons. The molecule has 0 amide bonds. The van der Waals surface area contributed by atoms with Gasteiger partial charge >= 0.3 is 6.18 Å². The quantitative estimate of drug-likeness (QED) is 0.885. The van der Waals surface area contributed by atoms with E-state index in [-0.39, 0.29) is 6.54 Å². The molecule has 0 spiro atoms. The summed E-state index contributed by atoms with van der Waals surface area (Å²) in [7, 11) is -1.25. The lowest BCUT2D eigenvalue weighted by molar-refractivity contribution is -0.137. The van der Waals surface area contributed by atoms with Gasteiger partial charge in [0.25, 0.3) is 0 Å². The van der Waals surface area contributed by atoms with Gasteiger partial charge in [0.05, 0.1) is 27.8 Å². The Labute approximate surface area is 135 Å². The van der Waals surface area contributed by atoms with Gasteiger partial charge in [-0.2, -0.15) is 13.2 Å². The van der Waals surface area contributed by atoms with Crippen molar-refractivity contribution in [3.63, 3.8) is 0 Å². The Hall–Kier alpha value is -1.60. The molecular weight excluding hydrogens is 327 g/mol. The zero-order valence-electron chi connectivity index (χ0n) is 13.0. The molecule has 1 atom stereocenters. The summed E-state index contributed by atoms with van der Waals surface area (Å²) in [6, 6.07) is 8.21. The molecule has 1 N–H and O–H groups in total. The van der Waals surface area contributed by atoms with Crippen LogP contribution >= 0.6 is 0 Å². The molecule has 0 aliphatic heterocycles. The van der Waals surface area contributed by atoms with Gasteiger partial charge in [-0.05, 0) is 45.0 Å². The second-order valence-electron chi connectivity index (χ2n) is 6.05. The molecule has 126 valence electrons. The minimum atomic E-state index is -4.39. The zero-order valence-corrected chi connectivity index (χ0v) is 13.8. The highest BCUT2D eigenvalue weighted by atomic mass is 32.2. The van der Waals surface area contributed by atoms with Crippen LogP contribution < -0.4 is 4.72 Å². The predicted molar refractivity (Wildman–Crippen MR) is 83.9 cm³/mol. The monoisotopic (exact) mass is 345 g/mol. The Balaban J connectivity index is 2.12. The van der Waals surface area contributed by atoms with E-state index in [1.165, 1.54) is 6.07 Å². The van der Waals surface area contributed by atoms with Gasteiger partial charge in [-0.15, -0.1) is 0 Å². The number of furan rings is 1. The molecule has 23 heavy (non-hydrogen) atoms. The van der Waals surface area contributed by atoms with Crippen LogP contribution in [0.15, 0.2) is 40.8 Å². The summed E-state index contributed by atoms with van der Waals surface area (Å²) in [5.74, 6) is 0.851. The van der Waals surface area contributed by atoms with Gasteiger partial charge in [-0.3, -0.25) is 0 Å². The maximum Gasteiger partial charge on any atom is 0.416 e. The van der Waals surface area contributed by atoms with E-state index in [2.05, 4.69) is 4.72 Å². The summed E-state index contributed by atoms with van der Waals surface area (Å²) in [6.07, 6.45) is -4.39. The number of benzene rings is 1. The Morgan fingerprint density at radius 3 is 2.43 bits per heavy atom. The van der Waals surface area contributed by atoms with Crippen LogP contribution in [0.2, 0.25) is 0 Å². The molecule has 2 aromatic rings. The van der Waals surface area contributed by atoms with Crippen LogP contribution in [0.4, 0.5) is 13.2 Å². The van der Waals surface area contributed by atoms with E-state index in [0.29, 0.717) is 17.1 Å². The van der Waals surface area contributed by atoms with Gasteiger partial charge in [0, 0.05) is 5.56 Å². The largest absolute Gasteiger partial charge is 0.460 e. The molecule has 3 nitrogen and oxygen atoms in total. The average molecular weight is 345 g/mol. The second-order valence-corrected chi connectivity index (χ2v) is 8.10. The lowest BCUT2D eigenvalue weighted by Gasteiger charge is -2.17. The minimum Gasteiger partial charge on any atom is -0.460 e. The molecular formula is C16H18F3NO2S. The fraction of sp³-hybridized carbons (Fsp3) is 0.375. The number of hydrogen-bond donors (Lipinski definition) is 1. The van der Waals surface area contributed by atoms with E-state index in [4.69, 9.17) is 4.42 Å². The van der Waals surface area contributed by atoms with Gasteiger partial charge < -0.3 is 4.42 Å². The number of halogens is 3. The Kier molecular flexibility index (Phi) is 5.01. The summed E-state index contributed by atoms with van der Waals surface area (Å²) in [6.45, 7) is 5.76. The molecule has 0 saturated carbocycles. The Morgan fingerprint density at radius 2 is 1.83 bits per heavy atom. The summed E-state index contributed by atoms with van der Waals surface area (Å²) in [5.41, 5.74) is -0.372. The standard InChI is InChI=1S/C16H18F3NO2S/c1-15(2,3)23(21)20-10-13-7-8-14(22-13)11-5-4-6-12(9-11)16(17,18)19/h4-9,20H,10H2,1-3H3. The molecule has 1 unspecified atom stereocenters. The van der Waals surface area contributed by atoms with Crippen molar-refractivity contribution in [3.8, 4) is 11.3 Å². The molecule has 0 saturated heterocycles. The lowest BCUT2D eigenvalue weighted by Crippen LogP contribution is -2.32. The van der Waals surface area contributed by atoms with Crippen LogP contribution in [-0.4, -0.2) is 8.96 Å². The smallest absolute Gasteiger partial charge is 0.416 e. The fourth-order valence-electron chi connectivity index (χ4n) is 1.83. The van der Waals surface area contributed by atoms with Crippen molar-refractivity contribution in [3.05, 3.63) is 47.7 Å². The topological polar surface area (TPSA) is 42.2 Å². The second kappa shape index (κ2) is 6.49. The third kappa shape index (κ3) is 4.68. The van der Waals surface area contributed by atoms with Gasteiger partial charge in [-0.1, -0.05) is 12.1 Å².